The van der Waals surface area contributed by atoms with Gasteiger partial charge < -0.3 is 14.5 Å². The lowest BCUT2D eigenvalue weighted by molar-refractivity contribution is 0.0527. The normalized spacial score (nSPS) is 10.8. The van der Waals surface area contributed by atoms with Crippen LogP contribution in [-0.4, -0.2) is 18.5 Å². The summed E-state index contributed by atoms with van der Waals surface area (Å²) in [7, 11) is 0. The molecule has 1 amide bonds. The van der Waals surface area contributed by atoms with E-state index in [4.69, 9.17) is 9.15 Å². The topological polar surface area (TPSA) is 85.6 Å². The third-order valence-corrected chi connectivity index (χ3v) is 5.39. The first-order valence-corrected chi connectivity index (χ1v) is 9.27. The number of amides is 1. The van der Waals surface area contributed by atoms with Gasteiger partial charge in [0.05, 0.1) is 17.6 Å². The Labute approximate surface area is 159 Å². The summed E-state index contributed by atoms with van der Waals surface area (Å²) < 4.78 is 10.8. The highest BCUT2D eigenvalue weighted by Gasteiger charge is 2.23. The van der Waals surface area contributed by atoms with E-state index in [2.05, 4.69) is 5.32 Å². The second kappa shape index (κ2) is 7.36. The van der Waals surface area contributed by atoms with E-state index >= 15 is 0 Å². The van der Waals surface area contributed by atoms with Crippen LogP contribution in [0.25, 0.3) is 11.0 Å². The van der Waals surface area contributed by atoms with E-state index in [-0.39, 0.29) is 17.8 Å². The average molecular weight is 385 g/mol. The average Bonchev–Trinajstić information content (AvgIpc) is 2.89. The van der Waals surface area contributed by atoms with Crippen LogP contribution in [0.2, 0.25) is 0 Å². The molecular weight excluding hydrogens is 366 g/mol. The van der Waals surface area contributed by atoms with Gasteiger partial charge in [-0.25, -0.2) is 4.79 Å². The number of anilines is 1. The van der Waals surface area contributed by atoms with Crippen LogP contribution in [0.15, 0.2) is 33.5 Å². The fourth-order valence-corrected chi connectivity index (χ4v) is 3.80. The number of ether oxygens (including phenoxy) is 1. The number of aryl methyl sites for hydroxylation is 2. The van der Waals surface area contributed by atoms with E-state index in [1.165, 1.54) is 11.3 Å². The van der Waals surface area contributed by atoms with Crippen LogP contribution in [0.4, 0.5) is 5.00 Å². The highest BCUT2D eigenvalue weighted by Crippen LogP contribution is 2.33. The van der Waals surface area contributed by atoms with Crippen molar-refractivity contribution in [3.63, 3.8) is 0 Å². The summed E-state index contributed by atoms with van der Waals surface area (Å²) in [4.78, 5) is 38.1. The number of nitrogens with one attached hydrogen (secondary N) is 1. The Morgan fingerprint density at radius 3 is 2.67 bits per heavy atom. The molecule has 0 aliphatic rings. The van der Waals surface area contributed by atoms with Crippen molar-refractivity contribution in [3.8, 4) is 0 Å². The molecule has 0 unspecified atom stereocenters. The molecule has 0 aliphatic heterocycles. The van der Waals surface area contributed by atoms with Gasteiger partial charge in [-0.1, -0.05) is 12.1 Å². The molecule has 1 N–H and O–H groups in total. The molecule has 2 aromatic heterocycles. The molecule has 0 aliphatic carbocycles. The van der Waals surface area contributed by atoms with Crippen LogP contribution >= 0.6 is 11.3 Å². The Morgan fingerprint density at radius 2 is 1.96 bits per heavy atom. The molecule has 0 spiro atoms. The van der Waals surface area contributed by atoms with Crippen molar-refractivity contribution >= 4 is 39.2 Å². The summed E-state index contributed by atoms with van der Waals surface area (Å²) in [5, 5.41) is 3.48. The van der Waals surface area contributed by atoms with E-state index in [0.717, 1.165) is 22.1 Å². The van der Waals surface area contributed by atoms with E-state index in [1.54, 1.807) is 39.0 Å². The minimum absolute atomic E-state index is 0.111. The molecule has 6 nitrogen and oxygen atoms in total. The fourth-order valence-electron chi connectivity index (χ4n) is 2.76. The lowest BCUT2D eigenvalue weighted by atomic mass is 10.1. The summed E-state index contributed by atoms with van der Waals surface area (Å²) >= 11 is 1.28. The van der Waals surface area contributed by atoms with E-state index in [1.807, 2.05) is 6.92 Å². The predicted molar refractivity (Wildman–Crippen MR) is 105 cm³/mol. The predicted octanol–water partition coefficient (Wildman–Crippen LogP) is 4.21. The maximum Gasteiger partial charge on any atom is 0.341 e. The third-order valence-electron chi connectivity index (χ3n) is 4.27. The van der Waals surface area contributed by atoms with Crippen molar-refractivity contribution in [2.24, 2.45) is 0 Å². The lowest BCUT2D eigenvalue weighted by Gasteiger charge is -2.08. The SMILES string of the molecule is CCOC(=O)c1c(NC(=O)c2cc(=O)c3cccc(C)c3o2)sc(C)c1C. The third kappa shape index (κ3) is 3.50. The lowest BCUT2D eigenvalue weighted by Crippen LogP contribution is -2.17. The van der Waals surface area contributed by atoms with Crippen molar-refractivity contribution in [2.45, 2.75) is 27.7 Å². The van der Waals surface area contributed by atoms with Gasteiger partial charge in [0.2, 0.25) is 0 Å². The Kier molecular flexibility index (Phi) is 5.14. The van der Waals surface area contributed by atoms with Crippen molar-refractivity contribution < 1.29 is 18.7 Å². The van der Waals surface area contributed by atoms with Gasteiger partial charge in [-0.2, -0.15) is 0 Å². The molecule has 3 rings (SSSR count). The zero-order valence-electron chi connectivity index (χ0n) is 15.5. The Bertz CT molecular complexity index is 1110. The number of rotatable bonds is 4. The fraction of sp³-hybridized carbons (Fsp3) is 0.250. The molecule has 0 saturated heterocycles. The summed E-state index contributed by atoms with van der Waals surface area (Å²) in [6.07, 6.45) is 0. The van der Waals surface area contributed by atoms with Crippen LogP contribution in [0.3, 0.4) is 0 Å². The Balaban J connectivity index is 2.01. The number of carbonyl (C=O) groups is 2. The zero-order valence-corrected chi connectivity index (χ0v) is 16.3. The molecule has 3 aromatic rings. The molecule has 0 radical (unpaired) electrons. The Hall–Kier alpha value is -2.93. The molecule has 1 aromatic carbocycles. The molecule has 0 bridgehead atoms. The molecule has 2 heterocycles. The standard InChI is InChI=1S/C20H19NO5S/c1-5-25-20(24)16-11(3)12(4)27-19(16)21-18(23)15-9-14(22)13-8-6-7-10(2)17(13)26-15/h6-9H,5H2,1-4H3,(H,21,23). The maximum absolute atomic E-state index is 12.7. The highest BCUT2D eigenvalue weighted by atomic mass is 32.1. The smallest absolute Gasteiger partial charge is 0.341 e. The zero-order chi connectivity index (χ0) is 19.7. The van der Waals surface area contributed by atoms with Gasteiger partial charge in [0.25, 0.3) is 5.91 Å². The van der Waals surface area contributed by atoms with Crippen molar-refractivity contribution in [1.29, 1.82) is 0 Å². The number of fused-ring (bicyclic) bond motifs is 1. The van der Waals surface area contributed by atoms with Crippen LogP contribution < -0.4 is 10.7 Å². The van der Waals surface area contributed by atoms with Gasteiger partial charge >= 0.3 is 5.97 Å². The monoisotopic (exact) mass is 385 g/mol. The number of esters is 1. The van der Waals surface area contributed by atoms with Gasteiger partial charge in [0.15, 0.2) is 11.2 Å². The second-order valence-corrected chi connectivity index (χ2v) is 7.31. The number of para-hydroxylation sites is 1. The summed E-state index contributed by atoms with van der Waals surface area (Å²) in [6, 6.07) is 6.38. The van der Waals surface area contributed by atoms with Gasteiger partial charge in [0, 0.05) is 10.9 Å². The van der Waals surface area contributed by atoms with E-state index in [0.29, 0.717) is 21.5 Å². The van der Waals surface area contributed by atoms with Gasteiger partial charge in [0.1, 0.15) is 10.6 Å². The highest BCUT2D eigenvalue weighted by molar-refractivity contribution is 7.16. The number of hydrogen-bond acceptors (Lipinski definition) is 6. The number of thiophene rings is 1. The molecule has 0 atom stereocenters. The first-order valence-electron chi connectivity index (χ1n) is 8.45. The maximum atomic E-state index is 12.7. The largest absolute Gasteiger partial charge is 0.462 e. The van der Waals surface area contributed by atoms with Crippen LogP contribution in [0.5, 0.6) is 0 Å². The van der Waals surface area contributed by atoms with Crippen LogP contribution in [0, 0.1) is 20.8 Å². The summed E-state index contributed by atoms with van der Waals surface area (Å²) in [6.45, 7) is 7.42. The van der Waals surface area contributed by atoms with Crippen molar-refractivity contribution in [1.82, 2.24) is 0 Å². The quantitative estimate of drug-likeness (QED) is 0.680. The first kappa shape index (κ1) is 18.8. The summed E-state index contributed by atoms with van der Waals surface area (Å²) in [5.74, 6) is -1.20. The summed E-state index contributed by atoms with van der Waals surface area (Å²) in [5.41, 5.74) is 1.92. The minimum Gasteiger partial charge on any atom is -0.462 e. The molecule has 140 valence electrons. The molecule has 27 heavy (non-hydrogen) atoms. The van der Waals surface area contributed by atoms with Crippen LogP contribution in [-0.2, 0) is 4.74 Å². The number of benzene rings is 1. The van der Waals surface area contributed by atoms with E-state index < -0.39 is 11.9 Å². The minimum atomic E-state index is -0.593. The second-order valence-electron chi connectivity index (χ2n) is 6.09. The van der Waals surface area contributed by atoms with Crippen LogP contribution in [0.1, 0.15) is 43.8 Å². The molecule has 0 saturated carbocycles. The van der Waals surface area contributed by atoms with Crippen molar-refractivity contribution in [2.75, 3.05) is 11.9 Å². The number of hydrogen-bond donors (Lipinski definition) is 1. The van der Waals surface area contributed by atoms with E-state index in [9.17, 15) is 14.4 Å². The molecule has 0 fully saturated rings. The van der Waals surface area contributed by atoms with Gasteiger partial charge in [-0.3, -0.25) is 9.59 Å². The molecule has 7 heteroatoms. The first-order chi connectivity index (χ1) is 12.8. The van der Waals surface area contributed by atoms with Crippen molar-refractivity contribution in [3.05, 3.63) is 61.8 Å². The Morgan fingerprint density at radius 1 is 1.22 bits per heavy atom. The van der Waals surface area contributed by atoms with Gasteiger partial charge in [-0.15, -0.1) is 11.3 Å². The number of carbonyl (C=O) groups excluding carboxylic acids is 2. The molecular formula is C20H19NO5S. The van der Waals surface area contributed by atoms with Gasteiger partial charge in [-0.05, 0) is 44.9 Å².